The van der Waals surface area contributed by atoms with E-state index in [2.05, 4.69) is 10.0 Å². The van der Waals surface area contributed by atoms with Crippen LogP contribution in [0.5, 0.6) is 0 Å². The van der Waals surface area contributed by atoms with E-state index in [1.807, 2.05) is 19.9 Å². The Morgan fingerprint density at radius 1 is 1.21 bits per heavy atom. The van der Waals surface area contributed by atoms with Crippen molar-refractivity contribution in [2.24, 2.45) is 0 Å². The minimum absolute atomic E-state index is 0.184. The van der Waals surface area contributed by atoms with Gasteiger partial charge in [-0.2, -0.15) is 5.26 Å². The van der Waals surface area contributed by atoms with Crippen LogP contribution in [0.1, 0.15) is 25.8 Å². The van der Waals surface area contributed by atoms with Gasteiger partial charge in [-0.1, -0.05) is 13.8 Å². The third kappa shape index (κ3) is 5.39. The summed E-state index contributed by atoms with van der Waals surface area (Å²) in [7, 11) is -3.47. The molecule has 0 aliphatic rings. The van der Waals surface area contributed by atoms with Gasteiger partial charge in [0, 0.05) is 12.6 Å². The quantitative estimate of drug-likeness (QED) is 0.736. The highest BCUT2D eigenvalue weighted by molar-refractivity contribution is 7.89. The van der Waals surface area contributed by atoms with Gasteiger partial charge in [0.1, 0.15) is 0 Å². The molecule has 0 bridgehead atoms. The second-order valence-corrected chi connectivity index (χ2v) is 6.26. The number of rotatable bonds is 7. The van der Waals surface area contributed by atoms with Gasteiger partial charge in [0.25, 0.3) is 0 Å². The van der Waals surface area contributed by atoms with Gasteiger partial charge in [-0.15, -0.1) is 0 Å². The van der Waals surface area contributed by atoms with E-state index in [0.717, 1.165) is 13.0 Å². The lowest BCUT2D eigenvalue weighted by Crippen LogP contribution is -2.29. The molecule has 104 valence electrons. The maximum Gasteiger partial charge on any atom is 0.240 e. The predicted molar refractivity (Wildman–Crippen MR) is 74.1 cm³/mol. The van der Waals surface area contributed by atoms with Crippen molar-refractivity contribution in [2.45, 2.75) is 31.2 Å². The molecule has 0 atom stereocenters. The van der Waals surface area contributed by atoms with Crippen LogP contribution in [-0.4, -0.2) is 27.5 Å². The summed E-state index contributed by atoms with van der Waals surface area (Å²) < 4.78 is 26.4. The molecule has 0 radical (unpaired) electrons. The Kier molecular flexibility index (Phi) is 5.96. The van der Waals surface area contributed by atoms with Gasteiger partial charge in [0.15, 0.2) is 0 Å². The molecule has 0 heterocycles. The van der Waals surface area contributed by atoms with Crippen LogP contribution in [0.2, 0.25) is 0 Å². The molecule has 0 aliphatic heterocycles. The van der Waals surface area contributed by atoms with E-state index in [-0.39, 0.29) is 4.90 Å². The molecule has 0 fully saturated rings. The highest BCUT2D eigenvalue weighted by atomic mass is 32.2. The first-order chi connectivity index (χ1) is 8.95. The van der Waals surface area contributed by atoms with Crippen LogP contribution < -0.4 is 10.0 Å². The van der Waals surface area contributed by atoms with E-state index in [0.29, 0.717) is 18.2 Å². The molecule has 0 unspecified atom stereocenters. The average molecular weight is 281 g/mol. The fourth-order valence-electron chi connectivity index (χ4n) is 1.48. The molecule has 5 nitrogen and oxygen atoms in total. The Balaban J connectivity index is 2.49. The van der Waals surface area contributed by atoms with Crippen molar-refractivity contribution >= 4 is 10.0 Å². The van der Waals surface area contributed by atoms with Crippen LogP contribution >= 0.6 is 0 Å². The zero-order chi connectivity index (χ0) is 14.3. The normalized spacial score (nSPS) is 11.5. The zero-order valence-corrected chi connectivity index (χ0v) is 12.0. The number of hydrogen-bond acceptors (Lipinski definition) is 4. The average Bonchev–Trinajstić information content (AvgIpc) is 2.38. The van der Waals surface area contributed by atoms with E-state index in [1.165, 1.54) is 24.3 Å². The smallest absolute Gasteiger partial charge is 0.240 e. The fourth-order valence-corrected chi connectivity index (χ4v) is 2.55. The van der Waals surface area contributed by atoms with Crippen molar-refractivity contribution in [2.75, 3.05) is 13.1 Å². The van der Waals surface area contributed by atoms with Crippen LogP contribution in [0, 0.1) is 11.3 Å². The molecule has 19 heavy (non-hydrogen) atoms. The monoisotopic (exact) mass is 281 g/mol. The van der Waals surface area contributed by atoms with Crippen LogP contribution in [-0.2, 0) is 10.0 Å². The molecular formula is C13H19N3O2S. The Labute approximate surface area is 114 Å². The molecule has 0 amide bonds. The molecule has 1 aromatic rings. The van der Waals surface area contributed by atoms with Crippen molar-refractivity contribution in [3.05, 3.63) is 29.8 Å². The summed E-state index contributed by atoms with van der Waals surface area (Å²) in [6.45, 7) is 5.25. The number of nitrogens with one attached hydrogen (secondary N) is 2. The molecule has 0 spiro atoms. The van der Waals surface area contributed by atoms with E-state index in [1.54, 1.807) is 0 Å². The third-order valence-corrected chi connectivity index (χ3v) is 3.97. The highest BCUT2D eigenvalue weighted by Crippen LogP contribution is 2.09. The Bertz CT molecular complexity index is 530. The van der Waals surface area contributed by atoms with Crippen LogP contribution in [0.25, 0.3) is 0 Å². The van der Waals surface area contributed by atoms with E-state index >= 15 is 0 Å². The second-order valence-electron chi connectivity index (χ2n) is 4.50. The highest BCUT2D eigenvalue weighted by Gasteiger charge is 2.12. The minimum atomic E-state index is -3.47. The number of nitriles is 1. The maximum absolute atomic E-state index is 11.9. The molecular weight excluding hydrogens is 262 g/mol. The van der Waals surface area contributed by atoms with E-state index < -0.39 is 10.0 Å². The first kappa shape index (κ1) is 15.6. The lowest BCUT2D eigenvalue weighted by atomic mass is 10.2. The lowest BCUT2D eigenvalue weighted by Gasteiger charge is -2.09. The van der Waals surface area contributed by atoms with Crippen molar-refractivity contribution in [3.8, 4) is 6.07 Å². The molecule has 0 saturated heterocycles. The zero-order valence-electron chi connectivity index (χ0n) is 11.2. The van der Waals surface area contributed by atoms with Gasteiger partial charge in [-0.25, -0.2) is 13.1 Å². The summed E-state index contributed by atoms with van der Waals surface area (Å²) in [5.74, 6) is 0. The van der Waals surface area contributed by atoms with Gasteiger partial charge < -0.3 is 5.32 Å². The van der Waals surface area contributed by atoms with Gasteiger partial charge in [0.05, 0.1) is 16.5 Å². The van der Waals surface area contributed by atoms with Crippen LogP contribution in [0.4, 0.5) is 0 Å². The van der Waals surface area contributed by atoms with Gasteiger partial charge in [-0.05, 0) is 37.2 Å². The summed E-state index contributed by atoms with van der Waals surface area (Å²) in [5.41, 5.74) is 0.445. The van der Waals surface area contributed by atoms with E-state index in [9.17, 15) is 8.42 Å². The van der Waals surface area contributed by atoms with E-state index in [4.69, 9.17) is 5.26 Å². The van der Waals surface area contributed by atoms with Crippen molar-refractivity contribution in [1.29, 1.82) is 5.26 Å². The fraction of sp³-hybridized carbons (Fsp3) is 0.462. The largest absolute Gasteiger partial charge is 0.314 e. The molecule has 2 N–H and O–H groups in total. The molecule has 0 saturated carbocycles. The van der Waals surface area contributed by atoms with Gasteiger partial charge in [-0.3, -0.25) is 0 Å². The predicted octanol–water partition coefficient (Wildman–Crippen LogP) is 1.22. The number of nitrogens with zero attached hydrogens (tertiary/aromatic N) is 1. The number of sulfonamides is 1. The van der Waals surface area contributed by atoms with Crippen molar-refractivity contribution in [3.63, 3.8) is 0 Å². The SMILES string of the molecule is CC(C)NCCCNS(=O)(=O)c1ccc(C#N)cc1. The van der Waals surface area contributed by atoms with Crippen LogP contribution in [0.15, 0.2) is 29.2 Å². The van der Waals surface area contributed by atoms with Crippen molar-refractivity contribution < 1.29 is 8.42 Å². The van der Waals surface area contributed by atoms with Crippen molar-refractivity contribution in [1.82, 2.24) is 10.0 Å². The summed E-state index contributed by atoms with van der Waals surface area (Å²) in [5, 5.41) is 11.9. The molecule has 1 rings (SSSR count). The topological polar surface area (TPSA) is 82.0 Å². The summed E-state index contributed by atoms with van der Waals surface area (Å²) in [4.78, 5) is 0.184. The number of benzene rings is 1. The molecule has 6 heteroatoms. The Morgan fingerprint density at radius 3 is 2.37 bits per heavy atom. The van der Waals surface area contributed by atoms with Gasteiger partial charge in [0.2, 0.25) is 10.0 Å². The summed E-state index contributed by atoms with van der Waals surface area (Å²) in [6, 6.07) is 8.22. The second kappa shape index (κ2) is 7.24. The minimum Gasteiger partial charge on any atom is -0.314 e. The summed E-state index contributed by atoms with van der Waals surface area (Å²) in [6.07, 6.45) is 0.730. The first-order valence-electron chi connectivity index (χ1n) is 6.19. The molecule has 1 aromatic carbocycles. The third-order valence-electron chi connectivity index (χ3n) is 2.49. The van der Waals surface area contributed by atoms with Gasteiger partial charge >= 0.3 is 0 Å². The molecule has 0 aliphatic carbocycles. The van der Waals surface area contributed by atoms with Crippen LogP contribution in [0.3, 0.4) is 0 Å². The lowest BCUT2D eigenvalue weighted by molar-refractivity contribution is 0.554. The Hall–Kier alpha value is -1.42. The molecule has 0 aromatic heterocycles. The number of hydrogen-bond donors (Lipinski definition) is 2. The summed E-state index contributed by atoms with van der Waals surface area (Å²) >= 11 is 0. The maximum atomic E-state index is 11.9. The first-order valence-corrected chi connectivity index (χ1v) is 7.67. The standard InChI is InChI=1S/C13H19N3O2S/c1-11(2)15-8-3-9-16-19(17,18)13-6-4-12(10-14)5-7-13/h4-7,11,15-16H,3,8-9H2,1-2H3. The Morgan fingerprint density at radius 2 is 1.84 bits per heavy atom.